The maximum Gasteiger partial charge on any atom is 0.207 e. The van der Waals surface area contributed by atoms with Crippen molar-refractivity contribution in [2.24, 2.45) is 0 Å². The maximum absolute atomic E-state index is 5.24. The molecule has 0 amide bonds. The van der Waals surface area contributed by atoms with E-state index in [0.717, 1.165) is 5.69 Å². The Morgan fingerprint density at radius 2 is 2.07 bits per heavy atom. The second-order valence-corrected chi connectivity index (χ2v) is 3.26. The van der Waals surface area contributed by atoms with Crippen molar-refractivity contribution in [3.8, 4) is 5.69 Å². The molecule has 3 nitrogen and oxygen atoms in total. The highest BCUT2D eigenvalue weighted by Gasteiger charge is 1.99. The third-order valence-electron chi connectivity index (χ3n) is 1.94. The van der Waals surface area contributed by atoms with Crippen LogP contribution in [0.15, 0.2) is 49.0 Å². The highest BCUT2D eigenvalue weighted by molar-refractivity contribution is 7.71. The molecule has 0 atom stereocenters. The summed E-state index contributed by atoms with van der Waals surface area (Å²) in [6.45, 7) is 3.48. The van der Waals surface area contributed by atoms with Crippen molar-refractivity contribution in [2.45, 2.75) is 0 Å². The number of hydrogen-bond donors (Lipinski definition) is 0. The molecule has 2 aromatic rings. The Hall–Kier alpha value is -1.90. The first-order chi connectivity index (χ1) is 7.33. The molecule has 0 spiro atoms. The fourth-order valence-electron chi connectivity index (χ4n) is 1.26. The molecule has 0 saturated heterocycles. The van der Waals surface area contributed by atoms with Gasteiger partial charge in [0.15, 0.2) is 0 Å². The van der Waals surface area contributed by atoms with Gasteiger partial charge in [-0.15, -0.1) is 5.73 Å². The summed E-state index contributed by atoms with van der Waals surface area (Å²) in [6.07, 6.45) is 3.27. The average molecular weight is 215 g/mol. The fourth-order valence-corrected chi connectivity index (χ4v) is 1.51. The number of benzene rings is 1. The molecule has 0 aliphatic heterocycles. The minimum absolute atomic E-state index is 0.595. The molecule has 0 bridgehead atoms. The van der Waals surface area contributed by atoms with E-state index in [9.17, 15) is 0 Å². The number of aromatic nitrogens is 3. The van der Waals surface area contributed by atoms with E-state index in [1.165, 1.54) is 0 Å². The molecule has 2 rings (SSSR count). The minimum atomic E-state index is 0.595. The summed E-state index contributed by atoms with van der Waals surface area (Å²) in [5, 5.41) is 4.10. The van der Waals surface area contributed by atoms with E-state index >= 15 is 0 Å². The maximum atomic E-state index is 5.24. The highest BCUT2D eigenvalue weighted by Crippen LogP contribution is 2.07. The molecule has 0 N–H and O–H groups in total. The van der Waals surface area contributed by atoms with Gasteiger partial charge in [-0.1, -0.05) is 24.8 Å². The van der Waals surface area contributed by atoms with Gasteiger partial charge in [0.1, 0.15) is 6.33 Å². The molecule has 0 fully saturated rings. The predicted molar refractivity (Wildman–Crippen MR) is 62.3 cm³/mol. The Labute approximate surface area is 92.6 Å². The van der Waals surface area contributed by atoms with E-state index in [2.05, 4.69) is 17.4 Å². The van der Waals surface area contributed by atoms with Crippen LogP contribution in [0.3, 0.4) is 0 Å². The van der Waals surface area contributed by atoms with E-state index in [1.807, 2.05) is 34.9 Å². The Morgan fingerprint density at radius 1 is 1.33 bits per heavy atom. The van der Waals surface area contributed by atoms with Crippen LogP contribution in [0.4, 0.5) is 0 Å². The molecule has 0 aliphatic rings. The van der Waals surface area contributed by atoms with Gasteiger partial charge in [-0.25, -0.2) is 4.68 Å². The van der Waals surface area contributed by atoms with E-state index in [0.29, 0.717) is 4.77 Å². The van der Waals surface area contributed by atoms with Crippen LogP contribution in [0, 0.1) is 4.77 Å². The topological polar surface area (TPSA) is 22.8 Å². The van der Waals surface area contributed by atoms with Crippen molar-refractivity contribution in [3.63, 3.8) is 0 Å². The normalized spacial score (nSPS) is 9.60. The molecule has 1 aromatic carbocycles. The summed E-state index contributed by atoms with van der Waals surface area (Å²) in [7, 11) is 0. The number of nitrogens with zero attached hydrogens (tertiary/aromatic N) is 3. The summed E-state index contributed by atoms with van der Waals surface area (Å²) in [4.78, 5) is 0. The lowest BCUT2D eigenvalue weighted by atomic mass is 10.3. The zero-order chi connectivity index (χ0) is 10.7. The first kappa shape index (κ1) is 9.65. The molecule has 1 heterocycles. The van der Waals surface area contributed by atoms with Crippen LogP contribution in [0.2, 0.25) is 0 Å². The SMILES string of the molecule is C=C=Cn1ncn(-c2ccccc2)c1=S. The summed E-state index contributed by atoms with van der Waals surface area (Å²) < 4.78 is 3.97. The van der Waals surface area contributed by atoms with Crippen molar-refractivity contribution in [1.82, 2.24) is 14.3 Å². The second-order valence-electron chi connectivity index (χ2n) is 2.90. The fraction of sp³-hybridized carbons (Fsp3) is 0. The quantitative estimate of drug-likeness (QED) is 0.567. The Kier molecular flexibility index (Phi) is 2.63. The number of hydrogen-bond acceptors (Lipinski definition) is 2. The number of rotatable bonds is 2. The molecular weight excluding hydrogens is 206 g/mol. The summed E-state index contributed by atoms with van der Waals surface area (Å²) in [5.41, 5.74) is 3.63. The molecule has 1 aromatic heterocycles. The van der Waals surface area contributed by atoms with Gasteiger partial charge in [-0.2, -0.15) is 5.10 Å². The molecule has 0 saturated carbocycles. The largest absolute Gasteiger partial charge is 0.274 e. The van der Waals surface area contributed by atoms with Crippen molar-refractivity contribution < 1.29 is 0 Å². The van der Waals surface area contributed by atoms with Crippen LogP contribution in [0.1, 0.15) is 0 Å². The lowest BCUT2D eigenvalue weighted by molar-refractivity contribution is 0.912. The monoisotopic (exact) mass is 215 g/mol. The minimum Gasteiger partial charge on any atom is -0.274 e. The molecule has 0 aliphatic carbocycles. The van der Waals surface area contributed by atoms with Crippen molar-refractivity contribution in [1.29, 1.82) is 0 Å². The lowest BCUT2D eigenvalue weighted by Gasteiger charge is -1.99. The Bertz CT molecular complexity index is 559. The van der Waals surface area contributed by atoms with Crippen molar-refractivity contribution >= 4 is 18.4 Å². The van der Waals surface area contributed by atoms with Gasteiger partial charge in [-0.05, 0) is 24.4 Å². The van der Waals surface area contributed by atoms with Crippen LogP contribution in [-0.4, -0.2) is 14.3 Å². The van der Waals surface area contributed by atoms with Gasteiger partial charge in [0, 0.05) is 5.69 Å². The molecular formula is C11H9N3S. The molecule has 74 valence electrons. The van der Waals surface area contributed by atoms with Gasteiger partial charge in [0.25, 0.3) is 0 Å². The zero-order valence-corrected chi connectivity index (χ0v) is 8.81. The second kappa shape index (κ2) is 4.09. The third kappa shape index (κ3) is 1.81. The summed E-state index contributed by atoms with van der Waals surface area (Å²) >= 11 is 5.24. The van der Waals surface area contributed by atoms with E-state index in [-0.39, 0.29) is 0 Å². The Balaban J connectivity index is 2.57. The van der Waals surface area contributed by atoms with Crippen LogP contribution in [-0.2, 0) is 0 Å². The number of para-hydroxylation sites is 1. The molecule has 4 heteroatoms. The van der Waals surface area contributed by atoms with Crippen LogP contribution in [0.25, 0.3) is 11.9 Å². The van der Waals surface area contributed by atoms with Gasteiger partial charge < -0.3 is 0 Å². The van der Waals surface area contributed by atoms with Gasteiger partial charge in [-0.3, -0.25) is 4.57 Å². The van der Waals surface area contributed by atoms with Crippen LogP contribution in [0.5, 0.6) is 0 Å². The van der Waals surface area contributed by atoms with Crippen molar-refractivity contribution in [3.05, 3.63) is 53.7 Å². The van der Waals surface area contributed by atoms with Gasteiger partial charge >= 0.3 is 0 Å². The van der Waals surface area contributed by atoms with Crippen LogP contribution < -0.4 is 0 Å². The smallest absolute Gasteiger partial charge is 0.207 e. The van der Waals surface area contributed by atoms with E-state index in [4.69, 9.17) is 12.2 Å². The average Bonchev–Trinajstić information content (AvgIpc) is 2.63. The predicted octanol–water partition coefficient (Wildman–Crippen LogP) is 2.66. The summed E-state index contributed by atoms with van der Waals surface area (Å²) in [5.74, 6) is 0. The standard InChI is InChI=1S/C11H9N3S/c1-2-8-14-11(15)13(9-12-14)10-6-4-3-5-7-10/h3-9H,1H2. The third-order valence-corrected chi connectivity index (χ3v) is 2.33. The van der Waals surface area contributed by atoms with Crippen LogP contribution >= 0.6 is 12.2 Å². The molecule has 15 heavy (non-hydrogen) atoms. The Morgan fingerprint density at radius 3 is 2.73 bits per heavy atom. The van der Waals surface area contributed by atoms with Gasteiger partial charge in [0.2, 0.25) is 4.77 Å². The highest BCUT2D eigenvalue weighted by atomic mass is 32.1. The lowest BCUT2D eigenvalue weighted by Crippen LogP contribution is -1.93. The van der Waals surface area contributed by atoms with E-state index in [1.54, 1.807) is 17.2 Å². The van der Waals surface area contributed by atoms with Crippen molar-refractivity contribution in [2.75, 3.05) is 0 Å². The summed E-state index contributed by atoms with van der Waals surface area (Å²) in [6, 6.07) is 9.82. The first-order valence-electron chi connectivity index (χ1n) is 4.40. The molecule has 0 radical (unpaired) electrons. The first-order valence-corrected chi connectivity index (χ1v) is 4.81. The molecule has 0 unspecified atom stereocenters. The zero-order valence-electron chi connectivity index (χ0n) is 8.00. The van der Waals surface area contributed by atoms with E-state index < -0.39 is 0 Å². The van der Waals surface area contributed by atoms with Gasteiger partial charge in [0.05, 0.1) is 6.20 Å².